The Kier molecular flexibility index (Phi) is 3.88. The Bertz CT molecular complexity index is 427. The summed E-state index contributed by atoms with van der Waals surface area (Å²) in [6.07, 6.45) is 1.04. The molecule has 1 heterocycles. The molecule has 1 aromatic rings. The van der Waals surface area contributed by atoms with Crippen LogP contribution >= 0.6 is 0 Å². The van der Waals surface area contributed by atoms with Gasteiger partial charge in [-0.15, -0.1) is 0 Å². The van der Waals surface area contributed by atoms with Crippen LogP contribution in [0.5, 0.6) is 0 Å². The Labute approximate surface area is 99.4 Å². The maximum atomic E-state index is 11.8. The summed E-state index contributed by atoms with van der Waals surface area (Å²) in [6.45, 7) is 5.13. The molecule has 6 heteroatoms. The normalized spacial score (nSPS) is 14.1. The minimum absolute atomic E-state index is 0.200. The molecule has 0 saturated carbocycles. The minimum Gasteiger partial charge on any atom is -0.480 e. The topological polar surface area (TPSA) is 95.1 Å². The van der Waals surface area contributed by atoms with E-state index in [-0.39, 0.29) is 5.69 Å². The number of aromatic nitrogens is 2. The van der Waals surface area contributed by atoms with E-state index in [4.69, 9.17) is 5.11 Å². The summed E-state index contributed by atoms with van der Waals surface area (Å²) in [5.41, 5.74) is -0.299. The van der Waals surface area contributed by atoms with E-state index in [0.29, 0.717) is 12.8 Å². The molecule has 0 aliphatic carbocycles. The molecule has 0 saturated heterocycles. The van der Waals surface area contributed by atoms with Crippen molar-refractivity contribution in [1.82, 2.24) is 15.5 Å². The van der Waals surface area contributed by atoms with Crippen LogP contribution in [0.25, 0.3) is 0 Å². The van der Waals surface area contributed by atoms with Crippen molar-refractivity contribution in [1.29, 1.82) is 0 Å². The number of aryl methyl sites for hydroxylation is 1. The number of hydrogen-bond acceptors (Lipinski definition) is 3. The zero-order valence-electron chi connectivity index (χ0n) is 10.2. The van der Waals surface area contributed by atoms with E-state index < -0.39 is 17.4 Å². The molecule has 1 unspecified atom stereocenters. The van der Waals surface area contributed by atoms with E-state index in [0.717, 1.165) is 5.69 Å². The highest BCUT2D eigenvalue weighted by molar-refractivity contribution is 5.96. The molecule has 0 fully saturated rings. The van der Waals surface area contributed by atoms with Crippen LogP contribution in [0.3, 0.4) is 0 Å². The predicted molar refractivity (Wildman–Crippen MR) is 61.7 cm³/mol. The van der Waals surface area contributed by atoms with Crippen molar-refractivity contribution < 1.29 is 14.7 Å². The number of H-pyrrole nitrogens is 1. The van der Waals surface area contributed by atoms with Gasteiger partial charge in [0.25, 0.3) is 5.91 Å². The second-order valence-corrected chi connectivity index (χ2v) is 4.28. The lowest BCUT2D eigenvalue weighted by atomic mass is 9.96. The second kappa shape index (κ2) is 4.99. The number of nitrogens with zero attached hydrogens (tertiary/aromatic N) is 1. The highest BCUT2D eigenvalue weighted by Gasteiger charge is 2.34. The Morgan fingerprint density at radius 2 is 2.24 bits per heavy atom. The average molecular weight is 239 g/mol. The van der Waals surface area contributed by atoms with Crippen LogP contribution in [0, 0.1) is 6.92 Å². The van der Waals surface area contributed by atoms with Crippen LogP contribution in [-0.2, 0) is 4.79 Å². The SMILES string of the molecule is CCCC(C)(NC(=O)c1cc(C)[nH]n1)C(=O)O. The van der Waals surface area contributed by atoms with Crippen molar-refractivity contribution in [2.45, 2.75) is 39.2 Å². The lowest BCUT2D eigenvalue weighted by Gasteiger charge is -2.25. The Hall–Kier alpha value is -1.85. The van der Waals surface area contributed by atoms with E-state index in [1.807, 2.05) is 6.92 Å². The fourth-order valence-corrected chi connectivity index (χ4v) is 1.57. The maximum Gasteiger partial charge on any atom is 0.329 e. The minimum atomic E-state index is -1.25. The molecule has 0 aliphatic rings. The van der Waals surface area contributed by atoms with Crippen LogP contribution in [-0.4, -0.2) is 32.7 Å². The van der Waals surface area contributed by atoms with E-state index in [9.17, 15) is 9.59 Å². The summed E-state index contributed by atoms with van der Waals surface area (Å²) in [5.74, 6) is -1.52. The molecule has 6 nitrogen and oxygen atoms in total. The largest absolute Gasteiger partial charge is 0.480 e. The van der Waals surface area contributed by atoms with Crippen molar-refractivity contribution in [3.05, 3.63) is 17.5 Å². The molecular weight excluding hydrogens is 222 g/mol. The van der Waals surface area contributed by atoms with E-state index in [2.05, 4.69) is 15.5 Å². The van der Waals surface area contributed by atoms with Gasteiger partial charge in [-0.2, -0.15) is 5.10 Å². The quantitative estimate of drug-likeness (QED) is 0.716. The predicted octanol–water partition coefficient (Wildman–Crippen LogP) is 1.09. The summed E-state index contributed by atoms with van der Waals surface area (Å²) < 4.78 is 0. The van der Waals surface area contributed by atoms with Crippen LogP contribution in [0.1, 0.15) is 42.9 Å². The highest BCUT2D eigenvalue weighted by Crippen LogP contribution is 2.13. The van der Waals surface area contributed by atoms with E-state index in [1.54, 1.807) is 13.0 Å². The van der Waals surface area contributed by atoms with Crippen molar-refractivity contribution in [2.24, 2.45) is 0 Å². The molecule has 1 amide bonds. The first-order valence-corrected chi connectivity index (χ1v) is 5.47. The molecule has 0 spiro atoms. The van der Waals surface area contributed by atoms with Crippen LogP contribution < -0.4 is 5.32 Å². The van der Waals surface area contributed by atoms with Crippen molar-refractivity contribution in [2.75, 3.05) is 0 Å². The van der Waals surface area contributed by atoms with Crippen molar-refractivity contribution in [3.63, 3.8) is 0 Å². The molecule has 0 aromatic carbocycles. The highest BCUT2D eigenvalue weighted by atomic mass is 16.4. The first-order chi connectivity index (χ1) is 7.89. The Morgan fingerprint density at radius 3 is 2.65 bits per heavy atom. The number of rotatable bonds is 5. The summed E-state index contributed by atoms with van der Waals surface area (Å²) in [4.78, 5) is 22.9. The first-order valence-electron chi connectivity index (χ1n) is 5.47. The lowest BCUT2D eigenvalue weighted by molar-refractivity contribution is -0.144. The standard InChI is InChI=1S/C11H17N3O3/c1-4-5-11(3,10(16)17)12-9(15)8-6-7(2)13-14-8/h6H,4-5H2,1-3H3,(H,12,15)(H,13,14)(H,16,17). The molecule has 3 N–H and O–H groups in total. The molecule has 1 atom stereocenters. The van der Waals surface area contributed by atoms with Gasteiger partial charge in [0.1, 0.15) is 11.2 Å². The number of hydrogen-bond donors (Lipinski definition) is 3. The van der Waals surface area contributed by atoms with Gasteiger partial charge >= 0.3 is 5.97 Å². The summed E-state index contributed by atoms with van der Waals surface area (Å²) in [7, 11) is 0. The monoisotopic (exact) mass is 239 g/mol. The fourth-order valence-electron chi connectivity index (χ4n) is 1.57. The zero-order chi connectivity index (χ0) is 13.1. The van der Waals surface area contributed by atoms with Crippen LogP contribution in [0.15, 0.2) is 6.07 Å². The second-order valence-electron chi connectivity index (χ2n) is 4.28. The molecule has 17 heavy (non-hydrogen) atoms. The van der Waals surface area contributed by atoms with Gasteiger partial charge in [0.05, 0.1) is 0 Å². The lowest BCUT2D eigenvalue weighted by Crippen LogP contribution is -2.52. The summed E-state index contributed by atoms with van der Waals surface area (Å²) >= 11 is 0. The van der Waals surface area contributed by atoms with Gasteiger partial charge in [0.2, 0.25) is 0 Å². The van der Waals surface area contributed by atoms with Crippen LogP contribution in [0.2, 0.25) is 0 Å². The van der Waals surface area contributed by atoms with Gasteiger partial charge in [-0.1, -0.05) is 13.3 Å². The van der Waals surface area contributed by atoms with E-state index in [1.165, 1.54) is 6.92 Å². The van der Waals surface area contributed by atoms with Crippen molar-refractivity contribution >= 4 is 11.9 Å². The van der Waals surface area contributed by atoms with Gasteiger partial charge in [0.15, 0.2) is 0 Å². The number of carbonyl (C=O) groups is 2. The number of nitrogens with one attached hydrogen (secondary N) is 2. The van der Waals surface area contributed by atoms with Gasteiger partial charge < -0.3 is 10.4 Å². The first kappa shape index (κ1) is 13.2. The summed E-state index contributed by atoms with van der Waals surface area (Å²) in [5, 5.41) is 18.1. The molecule has 0 bridgehead atoms. The third-order valence-electron chi connectivity index (χ3n) is 2.55. The number of amides is 1. The van der Waals surface area contributed by atoms with Crippen molar-refractivity contribution in [3.8, 4) is 0 Å². The molecular formula is C11H17N3O3. The Morgan fingerprint density at radius 1 is 1.59 bits per heavy atom. The zero-order valence-corrected chi connectivity index (χ0v) is 10.2. The maximum absolute atomic E-state index is 11.8. The number of carboxylic acids is 1. The number of carboxylic acid groups (broad SMARTS) is 1. The number of aromatic amines is 1. The molecule has 1 aromatic heterocycles. The van der Waals surface area contributed by atoms with Crippen LogP contribution in [0.4, 0.5) is 0 Å². The summed E-state index contributed by atoms with van der Waals surface area (Å²) in [6, 6.07) is 1.57. The average Bonchev–Trinajstić information content (AvgIpc) is 2.65. The molecule has 0 aliphatic heterocycles. The third kappa shape index (κ3) is 3.05. The van der Waals surface area contributed by atoms with Gasteiger partial charge in [-0.3, -0.25) is 9.89 Å². The molecule has 0 radical (unpaired) electrons. The Balaban J connectivity index is 2.81. The fraction of sp³-hybridized carbons (Fsp3) is 0.545. The third-order valence-corrected chi connectivity index (χ3v) is 2.55. The number of carbonyl (C=O) groups excluding carboxylic acids is 1. The number of aliphatic carboxylic acids is 1. The van der Waals surface area contributed by atoms with E-state index >= 15 is 0 Å². The van der Waals surface area contributed by atoms with Gasteiger partial charge in [-0.05, 0) is 26.3 Å². The molecule has 94 valence electrons. The van der Waals surface area contributed by atoms with Gasteiger partial charge in [0, 0.05) is 5.69 Å². The molecule has 1 rings (SSSR count). The van der Waals surface area contributed by atoms with Gasteiger partial charge in [-0.25, -0.2) is 4.79 Å². The smallest absolute Gasteiger partial charge is 0.329 e.